The van der Waals surface area contributed by atoms with E-state index in [0.29, 0.717) is 30.4 Å². The first-order chi connectivity index (χ1) is 15.2. The van der Waals surface area contributed by atoms with Gasteiger partial charge < -0.3 is 24.7 Å². The van der Waals surface area contributed by atoms with Crippen LogP contribution in [-0.4, -0.2) is 54.2 Å². The van der Waals surface area contributed by atoms with E-state index in [1.54, 1.807) is 17.3 Å². The minimum Gasteiger partial charge on any atom is -0.491 e. The standard InChI is InChI=1S/C24H26N4O3/c1-28-11-8-19-21(24(28)29)23(26-17-5-3-2-4-6-17)22(27-19)18-7-10-25-13-20(18)31-15-16-9-12-30-14-16/h2-7,10,13,16,26-27H,8-9,11-12,14-15H2,1H3. The summed E-state index contributed by atoms with van der Waals surface area (Å²) in [5.41, 5.74) is 5.07. The molecule has 1 aromatic carbocycles. The van der Waals surface area contributed by atoms with Gasteiger partial charge >= 0.3 is 0 Å². The number of hydrogen-bond acceptors (Lipinski definition) is 5. The molecule has 0 aliphatic carbocycles. The van der Waals surface area contributed by atoms with E-state index >= 15 is 0 Å². The molecular formula is C24H26N4O3. The molecule has 7 heteroatoms. The van der Waals surface area contributed by atoms with Gasteiger partial charge in [0.2, 0.25) is 0 Å². The zero-order valence-electron chi connectivity index (χ0n) is 17.6. The molecule has 2 aliphatic rings. The summed E-state index contributed by atoms with van der Waals surface area (Å²) in [6.07, 6.45) is 5.28. The zero-order chi connectivity index (χ0) is 21.2. The number of nitrogens with zero attached hydrogens (tertiary/aromatic N) is 2. The molecule has 0 bridgehead atoms. The molecule has 5 rings (SSSR count). The molecule has 1 saturated heterocycles. The molecule has 7 nitrogen and oxygen atoms in total. The lowest BCUT2D eigenvalue weighted by molar-refractivity contribution is 0.0781. The third-order valence-electron chi connectivity index (χ3n) is 5.93. The zero-order valence-corrected chi connectivity index (χ0v) is 17.6. The van der Waals surface area contributed by atoms with Gasteiger partial charge in [0, 0.05) is 55.7 Å². The van der Waals surface area contributed by atoms with Crippen LogP contribution in [0.15, 0.2) is 48.8 Å². The van der Waals surface area contributed by atoms with Crippen LogP contribution in [0.3, 0.4) is 0 Å². The second kappa shape index (κ2) is 8.43. The number of hydrogen-bond donors (Lipinski definition) is 2. The number of carbonyl (C=O) groups is 1. The highest BCUT2D eigenvalue weighted by Gasteiger charge is 2.31. The first-order valence-corrected chi connectivity index (χ1v) is 10.7. The molecule has 0 radical (unpaired) electrons. The Kier molecular flexibility index (Phi) is 5.34. The largest absolute Gasteiger partial charge is 0.491 e. The molecule has 1 unspecified atom stereocenters. The Hall–Kier alpha value is -3.32. The van der Waals surface area contributed by atoms with E-state index in [1.807, 2.05) is 43.4 Å². The summed E-state index contributed by atoms with van der Waals surface area (Å²) in [6, 6.07) is 11.8. The van der Waals surface area contributed by atoms with E-state index in [2.05, 4.69) is 15.3 Å². The molecule has 1 atom stereocenters. The Bertz CT molecular complexity index is 1070. The molecule has 2 N–H and O–H groups in total. The van der Waals surface area contributed by atoms with Crippen LogP contribution in [0.2, 0.25) is 0 Å². The highest BCUT2D eigenvalue weighted by Crippen LogP contribution is 2.41. The van der Waals surface area contributed by atoms with Crippen LogP contribution >= 0.6 is 0 Å². The quantitative estimate of drug-likeness (QED) is 0.635. The van der Waals surface area contributed by atoms with Crippen molar-refractivity contribution in [2.75, 3.05) is 38.7 Å². The molecule has 2 aromatic heterocycles. The fourth-order valence-corrected chi connectivity index (χ4v) is 4.16. The Balaban J connectivity index is 1.56. The van der Waals surface area contributed by atoms with E-state index in [0.717, 1.165) is 54.4 Å². The number of aromatic nitrogens is 2. The molecule has 0 saturated carbocycles. The molecule has 0 spiro atoms. The van der Waals surface area contributed by atoms with Crippen molar-refractivity contribution in [3.8, 4) is 17.0 Å². The predicted octanol–water partition coefficient (Wildman–Crippen LogP) is 3.86. The maximum atomic E-state index is 13.1. The van der Waals surface area contributed by atoms with E-state index in [9.17, 15) is 4.79 Å². The Morgan fingerprint density at radius 1 is 1.29 bits per heavy atom. The second-order valence-corrected chi connectivity index (χ2v) is 8.11. The average Bonchev–Trinajstić information content (AvgIpc) is 3.44. The maximum Gasteiger partial charge on any atom is 0.257 e. The highest BCUT2D eigenvalue weighted by atomic mass is 16.5. The number of anilines is 2. The van der Waals surface area contributed by atoms with Crippen molar-refractivity contribution in [2.24, 2.45) is 5.92 Å². The van der Waals surface area contributed by atoms with Gasteiger partial charge in [-0.05, 0) is 24.6 Å². The molecule has 1 amide bonds. The van der Waals surface area contributed by atoms with E-state index in [4.69, 9.17) is 9.47 Å². The Morgan fingerprint density at radius 2 is 2.16 bits per heavy atom. The number of ether oxygens (including phenoxy) is 2. The first-order valence-electron chi connectivity index (χ1n) is 10.7. The Labute approximate surface area is 181 Å². The number of aromatic amines is 1. The monoisotopic (exact) mass is 418 g/mol. The van der Waals surface area contributed by atoms with E-state index < -0.39 is 0 Å². The lowest BCUT2D eigenvalue weighted by Crippen LogP contribution is -2.34. The molecular weight excluding hydrogens is 392 g/mol. The summed E-state index contributed by atoms with van der Waals surface area (Å²) in [5.74, 6) is 1.11. The van der Waals surface area contributed by atoms with Crippen LogP contribution in [-0.2, 0) is 11.2 Å². The topological polar surface area (TPSA) is 79.5 Å². The second-order valence-electron chi connectivity index (χ2n) is 8.11. The molecule has 4 heterocycles. The van der Waals surface area contributed by atoms with Gasteiger partial charge in [-0.1, -0.05) is 18.2 Å². The van der Waals surface area contributed by atoms with Crippen molar-refractivity contribution >= 4 is 17.3 Å². The number of H-pyrrole nitrogens is 1. The first kappa shape index (κ1) is 19.6. The normalized spacial score (nSPS) is 18.2. The number of carbonyl (C=O) groups excluding carboxylic acids is 1. The molecule has 1 fully saturated rings. The summed E-state index contributed by atoms with van der Waals surface area (Å²) in [4.78, 5) is 22.6. The number of fused-ring (bicyclic) bond motifs is 1. The summed E-state index contributed by atoms with van der Waals surface area (Å²) in [5, 5.41) is 3.48. The van der Waals surface area contributed by atoms with Crippen LogP contribution in [0.4, 0.5) is 11.4 Å². The van der Waals surface area contributed by atoms with Gasteiger partial charge in [-0.3, -0.25) is 9.78 Å². The summed E-state index contributed by atoms with van der Waals surface area (Å²) in [7, 11) is 1.84. The lowest BCUT2D eigenvalue weighted by atomic mass is 10.0. The summed E-state index contributed by atoms with van der Waals surface area (Å²) >= 11 is 0. The van der Waals surface area contributed by atoms with Crippen LogP contribution in [0, 0.1) is 5.92 Å². The Morgan fingerprint density at radius 3 is 2.97 bits per heavy atom. The van der Waals surface area contributed by atoms with Gasteiger partial charge in [0.15, 0.2) is 0 Å². The molecule has 2 aliphatic heterocycles. The fourth-order valence-electron chi connectivity index (χ4n) is 4.16. The summed E-state index contributed by atoms with van der Waals surface area (Å²) in [6.45, 7) is 2.80. The van der Waals surface area contributed by atoms with Gasteiger partial charge in [0.05, 0.1) is 36.4 Å². The predicted molar refractivity (Wildman–Crippen MR) is 119 cm³/mol. The number of pyridine rings is 1. The number of rotatable bonds is 6. The molecule has 31 heavy (non-hydrogen) atoms. The third-order valence-corrected chi connectivity index (χ3v) is 5.93. The van der Waals surface area contributed by atoms with Crippen molar-refractivity contribution in [2.45, 2.75) is 12.8 Å². The van der Waals surface area contributed by atoms with Crippen LogP contribution < -0.4 is 10.1 Å². The minimum atomic E-state index is 0.0156. The number of para-hydroxylation sites is 1. The maximum absolute atomic E-state index is 13.1. The van der Waals surface area contributed by atoms with Crippen LogP contribution in [0.1, 0.15) is 22.5 Å². The van der Waals surface area contributed by atoms with Crippen molar-refractivity contribution < 1.29 is 14.3 Å². The van der Waals surface area contributed by atoms with E-state index in [1.165, 1.54) is 0 Å². The average molecular weight is 418 g/mol. The smallest absolute Gasteiger partial charge is 0.257 e. The number of nitrogens with one attached hydrogen (secondary N) is 2. The SMILES string of the molecule is CN1CCc2[nH]c(-c3ccncc3OCC3CCOC3)c(Nc3ccccc3)c2C1=O. The number of benzene rings is 1. The summed E-state index contributed by atoms with van der Waals surface area (Å²) < 4.78 is 11.6. The van der Waals surface area contributed by atoms with Gasteiger partial charge in [-0.15, -0.1) is 0 Å². The van der Waals surface area contributed by atoms with Crippen molar-refractivity contribution in [3.05, 3.63) is 60.0 Å². The molecule has 3 aromatic rings. The lowest BCUT2D eigenvalue weighted by Gasteiger charge is -2.23. The van der Waals surface area contributed by atoms with E-state index in [-0.39, 0.29) is 5.91 Å². The van der Waals surface area contributed by atoms with Crippen molar-refractivity contribution in [1.29, 1.82) is 0 Å². The minimum absolute atomic E-state index is 0.0156. The number of amides is 1. The van der Waals surface area contributed by atoms with Gasteiger partial charge in [0.1, 0.15) is 5.75 Å². The molecule has 160 valence electrons. The van der Waals surface area contributed by atoms with Crippen molar-refractivity contribution in [1.82, 2.24) is 14.9 Å². The third kappa shape index (κ3) is 3.88. The van der Waals surface area contributed by atoms with Crippen LogP contribution in [0.25, 0.3) is 11.3 Å². The van der Waals surface area contributed by atoms with Crippen LogP contribution in [0.5, 0.6) is 5.75 Å². The highest BCUT2D eigenvalue weighted by molar-refractivity contribution is 6.06. The van der Waals surface area contributed by atoms with Gasteiger partial charge in [0.25, 0.3) is 5.91 Å². The number of likely N-dealkylation sites (N-methyl/N-ethyl adjacent to an activating group) is 1. The van der Waals surface area contributed by atoms with Gasteiger partial charge in [-0.25, -0.2) is 0 Å². The van der Waals surface area contributed by atoms with Gasteiger partial charge in [-0.2, -0.15) is 0 Å². The fraction of sp³-hybridized carbons (Fsp3) is 0.333. The van der Waals surface area contributed by atoms with Crippen molar-refractivity contribution in [3.63, 3.8) is 0 Å².